The van der Waals surface area contributed by atoms with Gasteiger partial charge < -0.3 is 14.4 Å². The van der Waals surface area contributed by atoms with Crippen molar-refractivity contribution in [1.29, 1.82) is 0 Å². The summed E-state index contributed by atoms with van der Waals surface area (Å²) >= 11 is 0. The zero-order valence-corrected chi connectivity index (χ0v) is 15.6. The summed E-state index contributed by atoms with van der Waals surface area (Å²) in [5, 5.41) is 8.97. The molecular formula is C16H33NO3Si. The molecule has 0 saturated heterocycles. The molecule has 21 heavy (non-hydrogen) atoms. The molecule has 124 valence electrons. The van der Waals surface area contributed by atoms with Gasteiger partial charge in [-0.15, -0.1) is 6.58 Å². The SMILES string of the molecule is C=CCN(CCCO)C(=O)O[Si](C(C)C)(C(C)C)C(C)C. The van der Waals surface area contributed by atoms with Gasteiger partial charge in [-0.3, -0.25) is 0 Å². The minimum atomic E-state index is -2.21. The van der Waals surface area contributed by atoms with E-state index in [0.29, 0.717) is 36.1 Å². The van der Waals surface area contributed by atoms with Gasteiger partial charge in [0.2, 0.25) is 0 Å². The monoisotopic (exact) mass is 315 g/mol. The number of amides is 1. The van der Waals surface area contributed by atoms with Gasteiger partial charge in [-0.2, -0.15) is 0 Å². The molecule has 0 atom stereocenters. The van der Waals surface area contributed by atoms with Crippen LogP contribution in [0.3, 0.4) is 0 Å². The largest absolute Gasteiger partial charge is 0.503 e. The van der Waals surface area contributed by atoms with Crippen molar-refractivity contribution in [2.75, 3.05) is 19.7 Å². The van der Waals surface area contributed by atoms with Crippen LogP contribution in [-0.2, 0) is 4.43 Å². The molecule has 1 amide bonds. The van der Waals surface area contributed by atoms with Crippen LogP contribution in [0.5, 0.6) is 0 Å². The molecule has 0 fully saturated rings. The summed E-state index contributed by atoms with van der Waals surface area (Å²) in [6, 6.07) is 0. The van der Waals surface area contributed by atoms with Crippen LogP contribution in [0.25, 0.3) is 0 Å². The van der Waals surface area contributed by atoms with Crippen LogP contribution in [0.2, 0.25) is 16.6 Å². The van der Waals surface area contributed by atoms with Gasteiger partial charge in [0.25, 0.3) is 8.32 Å². The Morgan fingerprint density at radius 2 is 1.67 bits per heavy atom. The maximum atomic E-state index is 12.6. The molecule has 1 N–H and O–H groups in total. The third-order valence-corrected chi connectivity index (χ3v) is 10.1. The van der Waals surface area contributed by atoms with Crippen LogP contribution < -0.4 is 0 Å². The van der Waals surface area contributed by atoms with Crippen LogP contribution >= 0.6 is 0 Å². The van der Waals surface area contributed by atoms with Crippen molar-refractivity contribution in [3.63, 3.8) is 0 Å². The highest BCUT2D eigenvalue weighted by Gasteiger charge is 2.48. The molecule has 0 aliphatic carbocycles. The number of carbonyl (C=O) groups is 1. The maximum absolute atomic E-state index is 12.6. The first kappa shape index (κ1) is 20.2. The molecule has 0 aromatic rings. The zero-order chi connectivity index (χ0) is 16.6. The number of carbonyl (C=O) groups excluding carboxylic acids is 1. The van der Waals surface area contributed by atoms with Gasteiger partial charge in [0.1, 0.15) is 0 Å². The molecule has 0 bridgehead atoms. The van der Waals surface area contributed by atoms with Crippen LogP contribution in [0, 0.1) is 0 Å². The first-order valence-electron chi connectivity index (χ1n) is 7.93. The first-order chi connectivity index (χ1) is 9.73. The second-order valence-corrected chi connectivity index (χ2v) is 11.9. The Balaban J connectivity index is 5.21. The number of rotatable bonds is 9. The van der Waals surface area contributed by atoms with Crippen LogP contribution in [0.1, 0.15) is 48.0 Å². The van der Waals surface area contributed by atoms with Crippen molar-refractivity contribution in [2.24, 2.45) is 0 Å². The number of aliphatic hydroxyl groups excluding tert-OH is 1. The molecule has 0 heterocycles. The van der Waals surface area contributed by atoms with Crippen molar-refractivity contribution in [3.8, 4) is 0 Å². The Labute approximate surface area is 131 Å². The Bertz CT molecular complexity index is 308. The molecule has 0 spiro atoms. The molecule has 0 aromatic carbocycles. The van der Waals surface area contributed by atoms with E-state index in [0.717, 1.165) is 0 Å². The third kappa shape index (κ3) is 5.15. The lowest BCUT2D eigenvalue weighted by molar-refractivity contribution is 0.146. The van der Waals surface area contributed by atoms with Gasteiger partial charge in [-0.05, 0) is 23.0 Å². The summed E-state index contributed by atoms with van der Waals surface area (Å²) in [6.45, 7) is 17.7. The standard InChI is InChI=1S/C16H33NO3Si/c1-8-10-17(11-9-12-18)16(19)20-21(13(2)3,14(4)5)15(6)7/h8,13-15,18H,1,9-12H2,2-7H3. The fourth-order valence-corrected chi connectivity index (χ4v) is 8.38. The molecule has 0 saturated carbocycles. The van der Waals surface area contributed by atoms with E-state index < -0.39 is 8.32 Å². The fraction of sp³-hybridized carbons (Fsp3) is 0.812. The number of nitrogens with zero attached hydrogens (tertiary/aromatic N) is 1. The lowest BCUT2D eigenvalue weighted by atomic mass is 10.4. The highest BCUT2D eigenvalue weighted by molar-refractivity contribution is 6.78. The summed E-state index contributed by atoms with van der Waals surface area (Å²) < 4.78 is 6.13. The van der Waals surface area contributed by atoms with Gasteiger partial charge >= 0.3 is 6.09 Å². The zero-order valence-electron chi connectivity index (χ0n) is 14.6. The molecule has 0 aromatic heterocycles. The molecule has 0 aliphatic heterocycles. The van der Waals surface area contributed by atoms with Gasteiger partial charge in [-0.1, -0.05) is 47.6 Å². The Hall–Kier alpha value is -0.813. The summed E-state index contributed by atoms with van der Waals surface area (Å²) in [4.78, 5) is 14.2. The van der Waals surface area contributed by atoms with Crippen molar-refractivity contribution in [3.05, 3.63) is 12.7 Å². The molecular weight excluding hydrogens is 282 g/mol. The van der Waals surface area contributed by atoms with E-state index >= 15 is 0 Å². The van der Waals surface area contributed by atoms with Crippen LogP contribution in [0.15, 0.2) is 12.7 Å². The summed E-state index contributed by atoms with van der Waals surface area (Å²) in [5.74, 6) is 0. The quantitative estimate of drug-likeness (QED) is 0.513. The molecule has 0 aliphatic rings. The van der Waals surface area contributed by atoms with Crippen molar-refractivity contribution in [1.82, 2.24) is 4.90 Å². The third-order valence-electron chi connectivity index (χ3n) is 4.17. The van der Waals surface area contributed by atoms with Gasteiger partial charge in [0.05, 0.1) is 0 Å². The Morgan fingerprint density at radius 1 is 1.19 bits per heavy atom. The maximum Gasteiger partial charge on any atom is 0.396 e. The predicted molar refractivity (Wildman–Crippen MR) is 91.0 cm³/mol. The van der Waals surface area contributed by atoms with E-state index in [1.807, 2.05) is 0 Å². The second kappa shape index (κ2) is 9.25. The van der Waals surface area contributed by atoms with Gasteiger partial charge in [0, 0.05) is 19.7 Å². The van der Waals surface area contributed by atoms with E-state index in [-0.39, 0.29) is 12.7 Å². The van der Waals surface area contributed by atoms with E-state index in [1.54, 1.807) is 11.0 Å². The lowest BCUT2D eigenvalue weighted by Crippen LogP contribution is -2.52. The first-order valence-corrected chi connectivity index (χ1v) is 10.1. The summed E-state index contributed by atoms with van der Waals surface area (Å²) in [6.07, 6.45) is 2.00. The normalized spacial score (nSPS) is 12.1. The van der Waals surface area contributed by atoms with E-state index in [9.17, 15) is 4.79 Å². The van der Waals surface area contributed by atoms with Crippen molar-refractivity contribution in [2.45, 2.75) is 64.6 Å². The van der Waals surface area contributed by atoms with E-state index in [1.165, 1.54) is 0 Å². The highest BCUT2D eigenvalue weighted by atomic mass is 28.4. The fourth-order valence-electron chi connectivity index (χ4n) is 3.24. The Morgan fingerprint density at radius 3 is 2.00 bits per heavy atom. The van der Waals surface area contributed by atoms with Crippen molar-refractivity contribution >= 4 is 14.4 Å². The summed E-state index contributed by atoms with van der Waals surface area (Å²) in [7, 11) is -2.21. The molecule has 0 unspecified atom stereocenters. The van der Waals surface area contributed by atoms with Gasteiger partial charge in [0.15, 0.2) is 0 Å². The minimum Gasteiger partial charge on any atom is -0.503 e. The smallest absolute Gasteiger partial charge is 0.396 e. The molecule has 4 nitrogen and oxygen atoms in total. The number of hydrogen-bond donors (Lipinski definition) is 1. The number of hydrogen-bond acceptors (Lipinski definition) is 3. The summed E-state index contributed by atoms with van der Waals surface area (Å²) in [5.41, 5.74) is 1.10. The molecule has 0 radical (unpaired) electrons. The molecule has 5 heteroatoms. The minimum absolute atomic E-state index is 0.0715. The number of aliphatic hydroxyl groups is 1. The van der Waals surface area contributed by atoms with Crippen molar-refractivity contribution < 1.29 is 14.3 Å². The second-order valence-electron chi connectivity index (χ2n) is 6.50. The highest BCUT2D eigenvalue weighted by Crippen LogP contribution is 2.42. The van der Waals surface area contributed by atoms with Crippen LogP contribution in [-0.4, -0.2) is 44.1 Å². The Kier molecular flexibility index (Phi) is 8.90. The molecule has 0 rings (SSSR count). The predicted octanol–water partition coefficient (Wildman–Crippen LogP) is 4.17. The van der Waals surface area contributed by atoms with E-state index in [2.05, 4.69) is 48.1 Å². The van der Waals surface area contributed by atoms with Gasteiger partial charge in [-0.25, -0.2) is 4.79 Å². The average molecular weight is 316 g/mol. The lowest BCUT2D eigenvalue weighted by Gasteiger charge is -2.42. The average Bonchev–Trinajstić information content (AvgIpc) is 2.39. The van der Waals surface area contributed by atoms with E-state index in [4.69, 9.17) is 9.53 Å². The topological polar surface area (TPSA) is 49.8 Å². The van der Waals surface area contributed by atoms with Crippen LogP contribution in [0.4, 0.5) is 4.79 Å².